The number of methoxy groups -OCH3 is 3. The summed E-state index contributed by atoms with van der Waals surface area (Å²) in [4.78, 5) is 25.6. The van der Waals surface area contributed by atoms with Crippen molar-refractivity contribution in [3.63, 3.8) is 0 Å². The summed E-state index contributed by atoms with van der Waals surface area (Å²) in [6.45, 7) is 0. The molecule has 3 N–H and O–H groups in total. The Bertz CT molecular complexity index is 1220. The molecule has 34 heavy (non-hydrogen) atoms. The predicted molar refractivity (Wildman–Crippen MR) is 131 cm³/mol. The Balaban J connectivity index is 1.80. The number of phenols is 1. The first-order valence-corrected chi connectivity index (χ1v) is 10.7. The normalized spacial score (nSPS) is 10.6. The maximum atomic E-state index is 12.9. The van der Waals surface area contributed by atoms with Gasteiger partial charge in [0.2, 0.25) is 5.75 Å². The molecule has 0 unspecified atom stereocenters. The summed E-state index contributed by atoms with van der Waals surface area (Å²) in [5.74, 6) is -0.0187. The number of amides is 2. The van der Waals surface area contributed by atoms with Crippen LogP contribution in [0.5, 0.6) is 23.0 Å². The van der Waals surface area contributed by atoms with Gasteiger partial charge in [-0.05, 0) is 42.5 Å². The zero-order chi connectivity index (χ0) is 24.7. The van der Waals surface area contributed by atoms with E-state index in [1.54, 1.807) is 36.4 Å². The average Bonchev–Trinajstić information content (AvgIpc) is 2.85. The molecular formula is C24H22BrN3O6. The highest BCUT2D eigenvalue weighted by Crippen LogP contribution is 2.38. The molecule has 0 radical (unpaired) electrons. The number of ether oxygens (including phenoxy) is 3. The number of nitrogens with zero attached hydrogens (tertiary/aromatic N) is 1. The number of nitrogens with one attached hydrogen (secondary N) is 2. The van der Waals surface area contributed by atoms with Crippen LogP contribution in [0.1, 0.15) is 26.3 Å². The van der Waals surface area contributed by atoms with Gasteiger partial charge in [-0.15, -0.1) is 0 Å². The molecule has 0 aliphatic carbocycles. The molecule has 0 aliphatic heterocycles. The van der Waals surface area contributed by atoms with Crippen LogP contribution in [0.2, 0.25) is 0 Å². The van der Waals surface area contributed by atoms with Gasteiger partial charge >= 0.3 is 0 Å². The highest BCUT2D eigenvalue weighted by molar-refractivity contribution is 9.10. The number of rotatable bonds is 8. The van der Waals surface area contributed by atoms with E-state index in [9.17, 15) is 14.7 Å². The second kappa shape index (κ2) is 11.2. The van der Waals surface area contributed by atoms with Gasteiger partial charge in [-0.1, -0.05) is 28.1 Å². The molecule has 176 valence electrons. The first kappa shape index (κ1) is 24.6. The van der Waals surface area contributed by atoms with E-state index in [1.165, 1.54) is 45.7 Å². The molecule has 9 nitrogen and oxygen atoms in total. The van der Waals surface area contributed by atoms with Crippen LogP contribution < -0.4 is 25.0 Å². The molecular weight excluding hydrogens is 506 g/mol. The Morgan fingerprint density at radius 1 is 0.941 bits per heavy atom. The van der Waals surface area contributed by atoms with E-state index in [0.717, 1.165) is 4.47 Å². The van der Waals surface area contributed by atoms with Crippen molar-refractivity contribution in [2.45, 2.75) is 0 Å². The largest absolute Gasteiger partial charge is 0.507 e. The zero-order valence-corrected chi connectivity index (χ0v) is 20.2. The number of para-hydroxylation sites is 1. The quantitative estimate of drug-likeness (QED) is 0.298. The highest BCUT2D eigenvalue weighted by Gasteiger charge is 2.19. The Labute approximate surface area is 204 Å². The third-order valence-corrected chi connectivity index (χ3v) is 5.20. The van der Waals surface area contributed by atoms with Crippen molar-refractivity contribution in [2.24, 2.45) is 5.10 Å². The number of aromatic hydroxyl groups is 1. The molecule has 0 spiro atoms. The second-order valence-corrected chi connectivity index (χ2v) is 7.73. The van der Waals surface area contributed by atoms with E-state index in [0.29, 0.717) is 22.8 Å². The van der Waals surface area contributed by atoms with Crippen molar-refractivity contribution in [1.29, 1.82) is 0 Å². The molecule has 0 bridgehead atoms. The van der Waals surface area contributed by atoms with Crippen molar-refractivity contribution in [1.82, 2.24) is 5.43 Å². The summed E-state index contributed by atoms with van der Waals surface area (Å²) in [7, 11) is 4.37. The average molecular weight is 528 g/mol. The number of halogens is 1. The topological polar surface area (TPSA) is 118 Å². The molecule has 2 amide bonds. The first-order valence-electron chi connectivity index (χ1n) is 9.90. The van der Waals surface area contributed by atoms with Crippen LogP contribution in [0, 0.1) is 0 Å². The lowest BCUT2D eigenvalue weighted by Crippen LogP contribution is -2.21. The first-order chi connectivity index (χ1) is 16.4. The van der Waals surface area contributed by atoms with Crippen molar-refractivity contribution < 1.29 is 28.9 Å². The van der Waals surface area contributed by atoms with E-state index in [-0.39, 0.29) is 22.6 Å². The van der Waals surface area contributed by atoms with Gasteiger partial charge in [0, 0.05) is 15.6 Å². The van der Waals surface area contributed by atoms with Crippen molar-refractivity contribution in [3.8, 4) is 23.0 Å². The SMILES string of the molecule is COc1cc(C(=O)Nc2ccccc2C(=O)N/N=C\c2cc(Br)ccc2O)cc(OC)c1OC. The standard InChI is InChI=1S/C24H22BrN3O6/c1-32-20-11-14(12-21(33-2)22(20)34-3)23(30)27-18-7-5-4-6-17(18)24(31)28-26-13-15-10-16(25)8-9-19(15)29/h4-13,29H,1-3H3,(H,27,30)(H,28,31)/b26-13-. The predicted octanol–water partition coefficient (Wildman–Crippen LogP) is 4.20. The number of anilines is 1. The van der Waals surface area contributed by atoms with Gasteiger partial charge in [0.15, 0.2) is 11.5 Å². The van der Waals surface area contributed by atoms with Crippen LogP contribution in [-0.2, 0) is 0 Å². The molecule has 0 aliphatic rings. The van der Waals surface area contributed by atoms with Crippen molar-refractivity contribution in [2.75, 3.05) is 26.6 Å². The molecule has 0 atom stereocenters. The van der Waals surface area contributed by atoms with Crippen LogP contribution in [0.15, 0.2) is 64.2 Å². The van der Waals surface area contributed by atoms with Gasteiger partial charge in [0.25, 0.3) is 11.8 Å². The van der Waals surface area contributed by atoms with Crippen LogP contribution >= 0.6 is 15.9 Å². The molecule has 0 fully saturated rings. The minimum absolute atomic E-state index is 0.0132. The van der Waals surface area contributed by atoms with Crippen LogP contribution in [0.25, 0.3) is 0 Å². The number of benzene rings is 3. The lowest BCUT2D eigenvalue weighted by molar-refractivity contribution is 0.0956. The molecule has 3 rings (SSSR count). The van der Waals surface area contributed by atoms with Gasteiger partial charge in [-0.3, -0.25) is 9.59 Å². The molecule has 3 aromatic rings. The molecule has 0 saturated carbocycles. The Hall–Kier alpha value is -4.05. The zero-order valence-electron chi connectivity index (χ0n) is 18.6. The molecule has 0 aromatic heterocycles. The monoisotopic (exact) mass is 527 g/mol. The number of phenolic OH excluding ortho intramolecular Hbond substituents is 1. The minimum Gasteiger partial charge on any atom is -0.507 e. The van der Waals surface area contributed by atoms with E-state index in [4.69, 9.17) is 14.2 Å². The van der Waals surface area contributed by atoms with Crippen LogP contribution in [0.3, 0.4) is 0 Å². The molecule has 0 heterocycles. The Morgan fingerprint density at radius 2 is 1.62 bits per heavy atom. The summed E-state index contributed by atoms with van der Waals surface area (Å²) in [6.07, 6.45) is 1.31. The Kier molecular flexibility index (Phi) is 8.10. The molecule has 10 heteroatoms. The van der Waals surface area contributed by atoms with Gasteiger partial charge < -0.3 is 24.6 Å². The fourth-order valence-corrected chi connectivity index (χ4v) is 3.43. The highest BCUT2D eigenvalue weighted by atomic mass is 79.9. The summed E-state index contributed by atoms with van der Waals surface area (Å²) < 4.78 is 16.6. The van der Waals surface area contributed by atoms with Crippen molar-refractivity contribution in [3.05, 3.63) is 75.8 Å². The molecule has 3 aromatic carbocycles. The number of carbonyl (C=O) groups excluding carboxylic acids is 2. The fourth-order valence-electron chi connectivity index (χ4n) is 3.05. The summed E-state index contributed by atoms with van der Waals surface area (Å²) in [5, 5.41) is 16.5. The van der Waals surface area contributed by atoms with Gasteiger partial charge in [-0.2, -0.15) is 5.10 Å². The van der Waals surface area contributed by atoms with Gasteiger partial charge in [0.1, 0.15) is 5.75 Å². The lowest BCUT2D eigenvalue weighted by Gasteiger charge is -2.15. The van der Waals surface area contributed by atoms with E-state index >= 15 is 0 Å². The maximum absolute atomic E-state index is 12.9. The van der Waals surface area contributed by atoms with Crippen LogP contribution in [-0.4, -0.2) is 44.5 Å². The third kappa shape index (κ3) is 5.65. The van der Waals surface area contributed by atoms with Crippen LogP contribution in [0.4, 0.5) is 5.69 Å². The summed E-state index contributed by atoms with van der Waals surface area (Å²) in [6, 6.07) is 14.3. The molecule has 0 saturated heterocycles. The lowest BCUT2D eigenvalue weighted by atomic mass is 10.1. The summed E-state index contributed by atoms with van der Waals surface area (Å²) in [5.41, 5.74) is 3.52. The number of hydrogen-bond acceptors (Lipinski definition) is 7. The number of hydrazone groups is 1. The van der Waals surface area contributed by atoms with E-state index in [1.807, 2.05) is 0 Å². The fraction of sp³-hybridized carbons (Fsp3) is 0.125. The number of hydrogen-bond donors (Lipinski definition) is 3. The minimum atomic E-state index is -0.550. The Morgan fingerprint density at radius 3 is 2.26 bits per heavy atom. The number of carbonyl (C=O) groups is 2. The summed E-state index contributed by atoms with van der Waals surface area (Å²) >= 11 is 3.31. The smallest absolute Gasteiger partial charge is 0.273 e. The van der Waals surface area contributed by atoms with E-state index in [2.05, 4.69) is 31.8 Å². The second-order valence-electron chi connectivity index (χ2n) is 6.82. The van der Waals surface area contributed by atoms with Gasteiger partial charge in [-0.25, -0.2) is 5.43 Å². The maximum Gasteiger partial charge on any atom is 0.273 e. The van der Waals surface area contributed by atoms with E-state index < -0.39 is 11.8 Å². The van der Waals surface area contributed by atoms with Crippen molar-refractivity contribution >= 4 is 39.6 Å². The third-order valence-electron chi connectivity index (χ3n) is 4.71. The van der Waals surface area contributed by atoms with Gasteiger partial charge in [0.05, 0.1) is 38.8 Å².